The van der Waals surface area contributed by atoms with Crippen LogP contribution in [0.2, 0.25) is 0 Å². The number of likely N-dealkylation sites (tertiary alicyclic amines) is 1. The Labute approximate surface area is 103 Å². The van der Waals surface area contributed by atoms with Crippen LogP contribution >= 0.6 is 0 Å². The second-order valence-corrected chi connectivity index (χ2v) is 5.80. The van der Waals surface area contributed by atoms with Gasteiger partial charge in [-0.05, 0) is 32.1 Å². The summed E-state index contributed by atoms with van der Waals surface area (Å²) in [4.78, 5) is 14.1. The average Bonchev–Trinajstić information content (AvgIpc) is 3.12. The van der Waals surface area contributed by atoms with Gasteiger partial charge in [0.05, 0.1) is 11.6 Å². The summed E-state index contributed by atoms with van der Waals surface area (Å²) < 4.78 is 5.50. The van der Waals surface area contributed by atoms with E-state index in [9.17, 15) is 4.79 Å². The number of carbonyl (C=O) groups excluding carboxylic acids is 1. The molecule has 4 nitrogen and oxygen atoms in total. The van der Waals surface area contributed by atoms with E-state index in [-0.39, 0.29) is 17.6 Å². The smallest absolute Gasteiger partial charge is 0.239 e. The van der Waals surface area contributed by atoms with Gasteiger partial charge in [-0.15, -0.1) is 0 Å². The van der Waals surface area contributed by atoms with Crippen molar-refractivity contribution in [3.8, 4) is 0 Å². The third-order valence-corrected chi connectivity index (χ3v) is 4.06. The molecule has 1 heterocycles. The monoisotopic (exact) mass is 240 g/mol. The maximum Gasteiger partial charge on any atom is 0.239 e. The molecule has 2 rings (SSSR count). The number of piperidine rings is 1. The first-order valence-corrected chi connectivity index (χ1v) is 6.63. The number of nitrogens with zero attached hydrogens (tertiary/aromatic N) is 1. The molecule has 2 N–H and O–H groups in total. The number of rotatable bonds is 4. The molecule has 2 aliphatic rings. The first-order chi connectivity index (χ1) is 8.04. The Balaban J connectivity index is 1.89. The Kier molecular flexibility index (Phi) is 3.73. The minimum atomic E-state index is -0.304. The summed E-state index contributed by atoms with van der Waals surface area (Å²) >= 11 is 0. The Morgan fingerprint density at radius 3 is 2.88 bits per heavy atom. The first kappa shape index (κ1) is 12.8. The van der Waals surface area contributed by atoms with Crippen molar-refractivity contribution in [2.75, 3.05) is 20.2 Å². The number of ether oxygens (including phenoxy) is 1. The van der Waals surface area contributed by atoms with Gasteiger partial charge in [0.15, 0.2) is 0 Å². The molecule has 0 radical (unpaired) electrons. The fourth-order valence-corrected chi connectivity index (χ4v) is 2.61. The number of methoxy groups -OCH3 is 1. The van der Waals surface area contributed by atoms with Gasteiger partial charge in [0.1, 0.15) is 0 Å². The van der Waals surface area contributed by atoms with Crippen molar-refractivity contribution in [3.63, 3.8) is 0 Å². The lowest BCUT2D eigenvalue weighted by atomic mass is 9.94. The van der Waals surface area contributed by atoms with E-state index in [0.29, 0.717) is 12.5 Å². The first-order valence-electron chi connectivity index (χ1n) is 6.63. The highest BCUT2D eigenvalue weighted by Crippen LogP contribution is 2.33. The van der Waals surface area contributed by atoms with Crippen molar-refractivity contribution in [1.29, 1.82) is 0 Å². The van der Waals surface area contributed by atoms with Gasteiger partial charge in [-0.3, -0.25) is 4.79 Å². The minimum Gasteiger partial charge on any atom is -0.377 e. The van der Waals surface area contributed by atoms with Gasteiger partial charge in [0.2, 0.25) is 5.91 Å². The van der Waals surface area contributed by atoms with Crippen molar-refractivity contribution in [2.45, 2.75) is 50.7 Å². The van der Waals surface area contributed by atoms with E-state index in [1.54, 1.807) is 7.11 Å². The van der Waals surface area contributed by atoms with Gasteiger partial charge in [0, 0.05) is 20.2 Å². The predicted octanol–water partition coefficient (Wildman–Crippen LogP) is 1.14. The summed E-state index contributed by atoms with van der Waals surface area (Å²) in [6, 6.07) is -0.304. The lowest BCUT2D eigenvalue weighted by Gasteiger charge is -2.40. The van der Waals surface area contributed by atoms with E-state index in [0.717, 1.165) is 25.8 Å². The topological polar surface area (TPSA) is 55.6 Å². The van der Waals surface area contributed by atoms with Crippen LogP contribution < -0.4 is 5.73 Å². The second-order valence-electron chi connectivity index (χ2n) is 5.80. The van der Waals surface area contributed by atoms with Crippen molar-refractivity contribution in [1.82, 2.24) is 4.90 Å². The SMILES string of the molecule is COC1(C)CCCN(C(=O)[C@@H](N)CC2CC2)C1. The molecule has 4 heteroatoms. The van der Waals surface area contributed by atoms with E-state index < -0.39 is 0 Å². The van der Waals surface area contributed by atoms with Crippen LogP contribution in [0.1, 0.15) is 39.0 Å². The highest BCUT2D eigenvalue weighted by Gasteiger charge is 2.36. The molecular formula is C13H24N2O2. The lowest BCUT2D eigenvalue weighted by Crippen LogP contribution is -2.53. The van der Waals surface area contributed by atoms with E-state index in [1.807, 2.05) is 4.90 Å². The molecule has 1 saturated carbocycles. The normalized spacial score (nSPS) is 31.4. The maximum absolute atomic E-state index is 12.2. The summed E-state index contributed by atoms with van der Waals surface area (Å²) in [6.07, 6.45) is 5.38. The van der Waals surface area contributed by atoms with Crippen LogP contribution in [-0.4, -0.2) is 42.6 Å². The van der Waals surface area contributed by atoms with Gasteiger partial charge >= 0.3 is 0 Å². The quantitative estimate of drug-likeness (QED) is 0.801. The zero-order valence-electron chi connectivity index (χ0n) is 10.9. The number of hydrogen-bond donors (Lipinski definition) is 1. The van der Waals surface area contributed by atoms with Gasteiger partial charge in [-0.1, -0.05) is 12.8 Å². The highest BCUT2D eigenvalue weighted by molar-refractivity contribution is 5.81. The molecule has 1 saturated heterocycles. The van der Waals surface area contributed by atoms with Crippen LogP contribution in [0.3, 0.4) is 0 Å². The number of amides is 1. The fourth-order valence-electron chi connectivity index (χ4n) is 2.61. The summed E-state index contributed by atoms with van der Waals surface area (Å²) in [7, 11) is 1.72. The number of nitrogens with two attached hydrogens (primary N) is 1. The Morgan fingerprint density at radius 1 is 1.59 bits per heavy atom. The van der Waals surface area contributed by atoms with Crippen LogP contribution in [-0.2, 0) is 9.53 Å². The second kappa shape index (κ2) is 4.94. The van der Waals surface area contributed by atoms with Gasteiger partial charge in [-0.2, -0.15) is 0 Å². The molecule has 1 aliphatic heterocycles. The molecule has 1 aliphatic carbocycles. The molecule has 2 atom stereocenters. The molecule has 1 amide bonds. The Bertz CT molecular complexity index is 291. The van der Waals surface area contributed by atoms with Crippen LogP contribution in [0.4, 0.5) is 0 Å². The van der Waals surface area contributed by atoms with Crippen LogP contribution in [0.5, 0.6) is 0 Å². The highest BCUT2D eigenvalue weighted by atomic mass is 16.5. The lowest BCUT2D eigenvalue weighted by molar-refractivity contribution is -0.140. The van der Waals surface area contributed by atoms with Crippen LogP contribution in [0.25, 0.3) is 0 Å². The fraction of sp³-hybridized carbons (Fsp3) is 0.923. The van der Waals surface area contributed by atoms with E-state index >= 15 is 0 Å². The molecule has 0 bridgehead atoms. The summed E-state index contributed by atoms with van der Waals surface area (Å²) in [5, 5.41) is 0. The Hall–Kier alpha value is -0.610. The zero-order valence-corrected chi connectivity index (χ0v) is 10.9. The third kappa shape index (κ3) is 3.19. The Morgan fingerprint density at radius 2 is 2.29 bits per heavy atom. The molecule has 0 spiro atoms. The molecular weight excluding hydrogens is 216 g/mol. The molecule has 1 unspecified atom stereocenters. The van der Waals surface area contributed by atoms with E-state index in [1.165, 1.54) is 12.8 Å². The molecule has 0 aromatic carbocycles. The molecule has 0 aromatic rings. The van der Waals surface area contributed by atoms with Crippen molar-refractivity contribution < 1.29 is 9.53 Å². The van der Waals surface area contributed by atoms with Crippen LogP contribution in [0, 0.1) is 5.92 Å². The summed E-state index contributed by atoms with van der Waals surface area (Å²) in [5.74, 6) is 0.812. The number of hydrogen-bond acceptors (Lipinski definition) is 3. The summed E-state index contributed by atoms with van der Waals surface area (Å²) in [6.45, 7) is 3.58. The number of carbonyl (C=O) groups is 1. The zero-order chi connectivity index (χ0) is 12.5. The van der Waals surface area contributed by atoms with Gasteiger partial charge in [0.25, 0.3) is 0 Å². The third-order valence-electron chi connectivity index (χ3n) is 4.06. The molecule has 17 heavy (non-hydrogen) atoms. The molecule has 2 fully saturated rings. The average molecular weight is 240 g/mol. The molecule has 0 aromatic heterocycles. The largest absolute Gasteiger partial charge is 0.377 e. The van der Waals surface area contributed by atoms with Gasteiger partial charge in [-0.25, -0.2) is 0 Å². The maximum atomic E-state index is 12.2. The van der Waals surface area contributed by atoms with Crippen molar-refractivity contribution in [2.24, 2.45) is 11.7 Å². The molecule has 98 valence electrons. The van der Waals surface area contributed by atoms with E-state index in [4.69, 9.17) is 10.5 Å². The standard InChI is InChI=1S/C13H24N2O2/c1-13(17-2)6-3-7-15(9-13)12(16)11(14)8-10-4-5-10/h10-11H,3-9,14H2,1-2H3/t11-,13?/m0/s1. The van der Waals surface area contributed by atoms with E-state index in [2.05, 4.69) is 6.92 Å². The predicted molar refractivity (Wildman–Crippen MR) is 66.5 cm³/mol. The van der Waals surface area contributed by atoms with Crippen molar-refractivity contribution in [3.05, 3.63) is 0 Å². The van der Waals surface area contributed by atoms with Gasteiger partial charge < -0.3 is 15.4 Å². The summed E-state index contributed by atoms with van der Waals surface area (Å²) in [5.41, 5.74) is 5.80. The van der Waals surface area contributed by atoms with Crippen LogP contribution in [0.15, 0.2) is 0 Å². The van der Waals surface area contributed by atoms with Crippen molar-refractivity contribution >= 4 is 5.91 Å². The minimum absolute atomic E-state index is 0.111.